The number of halogens is 1. The molecule has 1 atom stereocenters. The van der Waals surface area contributed by atoms with Gasteiger partial charge < -0.3 is 4.57 Å². The first-order valence-electron chi connectivity index (χ1n) is 8.18. The van der Waals surface area contributed by atoms with Crippen molar-refractivity contribution in [3.8, 4) is 0 Å². The van der Waals surface area contributed by atoms with Crippen molar-refractivity contribution in [2.45, 2.75) is 51.7 Å². The van der Waals surface area contributed by atoms with Crippen molar-refractivity contribution < 1.29 is 4.39 Å². The molecule has 118 valence electrons. The molecule has 0 spiro atoms. The second kappa shape index (κ2) is 7.05. The van der Waals surface area contributed by atoms with Crippen LogP contribution in [-0.4, -0.2) is 27.0 Å². The third-order valence-electron chi connectivity index (χ3n) is 4.65. The van der Waals surface area contributed by atoms with Gasteiger partial charge in [0.1, 0.15) is 11.6 Å². The zero-order valence-electron chi connectivity index (χ0n) is 13.2. The Morgan fingerprint density at radius 3 is 3.00 bits per heavy atom. The minimum absolute atomic E-state index is 0.139. The highest BCUT2D eigenvalue weighted by molar-refractivity contribution is 5.16. The van der Waals surface area contributed by atoms with Crippen molar-refractivity contribution >= 4 is 0 Å². The topological polar surface area (TPSA) is 21.1 Å². The summed E-state index contributed by atoms with van der Waals surface area (Å²) in [6.45, 7) is 5.02. The van der Waals surface area contributed by atoms with Gasteiger partial charge in [-0.3, -0.25) is 4.90 Å². The molecule has 0 bridgehead atoms. The molecule has 0 radical (unpaired) electrons. The maximum Gasteiger partial charge on any atom is 0.123 e. The second-order valence-corrected chi connectivity index (χ2v) is 6.21. The fraction of sp³-hybridized carbons (Fsp3) is 0.500. The van der Waals surface area contributed by atoms with E-state index < -0.39 is 0 Å². The third kappa shape index (κ3) is 3.74. The molecule has 0 saturated carbocycles. The minimum atomic E-state index is -0.139. The molecule has 0 aliphatic carbocycles. The van der Waals surface area contributed by atoms with E-state index in [4.69, 9.17) is 0 Å². The molecule has 1 aromatic heterocycles. The lowest BCUT2D eigenvalue weighted by atomic mass is 9.98. The van der Waals surface area contributed by atoms with E-state index in [-0.39, 0.29) is 5.82 Å². The van der Waals surface area contributed by atoms with Crippen molar-refractivity contribution in [1.82, 2.24) is 14.5 Å². The van der Waals surface area contributed by atoms with Gasteiger partial charge in [-0.05, 0) is 50.4 Å². The number of benzene rings is 1. The first kappa shape index (κ1) is 15.2. The van der Waals surface area contributed by atoms with Gasteiger partial charge in [-0.1, -0.05) is 18.6 Å². The van der Waals surface area contributed by atoms with Crippen molar-refractivity contribution in [2.75, 3.05) is 6.54 Å². The van der Waals surface area contributed by atoms with Gasteiger partial charge in [0.2, 0.25) is 0 Å². The van der Waals surface area contributed by atoms with E-state index in [1.54, 1.807) is 12.1 Å². The number of nitrogens with zero attached hydrogens (tertiary/aromatic N) is 3. The van der Waals surface area contributed by atoms with E-state index in [9.17, 15) is 4.39 Å². The molecule has 0 N–H and O–H groups in total. The number of imidazole rings is 1. The second-order valence-electron chi connectivity index (χ2n) is 6.21. The molecule has 3 nitrogen and oxygen atoms in total. The average molecular weight is 301 g/mol. The lowest BCUT2D eigenvalue weighted by Crippen LogP contribution is -2.39. The minimum Gasteiger partial charge on any atom is -0.335 e. The van der Waals surface area contributed by atoms with E-state index in [0.717, 1.165) is 37.4 Å². The van der Waals surface area contributed by atoms with Crippen LogP contribution in [0.25, 0.3) is 0 Å². The normalized spacial score (nSPS) is 19.5. The summed E-state index contributed by atoms with van der Waals surface area (Å²) in [5, 5.41) is 0. The zero-order chi connectivity index (χ0) is 15.4. The molecule has 0 amide bonds. The molecule has 1 aliphatic heterocycles. The molecule has 1 fully saturated rings. The van der Waals surface area contributed by atoms with Crippen LogP contribution in [0.3, 0.4) is 0 Å². The predicted octanol–water partition coefficient (Wildman–Crippen LogP) is 3.78. The Hall–Kier alpha value is -1.68. The lowest BCUT2D eigenvalue weighted by Gasteiger charge is -2.36. The van der Waals surface area contributed by atoms with Gasteiger partial charge in [0.25, 0.3) is 0 Å². The Bertz CT molecular complexity index is 608. The summed E-state index contributed by atoms with van der Waals surface area (Å²) in [5.74, 6) is 0.938. The zero-order valence-corrected chi connectivity index (χ0v) is 13.2. The smallest absolute Gasteiger partial charge is 0.123 e. The van der Waals surface area contributed by atoms with Crippen LogP contribution < -0.4 is 0 Å². The van der Waals surface area contributed by atoms with Gasteiger partial charge in [0.15, 0.2) is 0 Å². The van der Waals surface area contributed by atoms with E-state index in [1.165, 1.54) is 25.3 Å². The molecular weight excluding hydrogens is 277 g/mol. The van der Waals surface area contributed by atoms with E-state index in [1.807, 2.05) is 19.2 Å². The molecule has 4 heteroatoms. The first-order valence-corrected chi connectivity index (χ1v) is 8.18. The molecule has 1 saturated heterocycles. The highest BCUT2D eigenvalue weighted by atomic mass is 19.1. The summed E-state index contributed by atoms with van der Waals surface area (Å²) in [4.78, 5) is 6.80. The summed E-state index contributed by atoms with van der Waals surface area (Å²) in [5.41, 5.74) is 1.07. The quantitative estimate of drug-likeness (QED) is 0.838. The predicted molar refractivity (Wildman–Crippen MR) is 86.0 cm³/mol. The number of hydrogen-bond acceptors (Lipinski definition) is 2. The Kier molecular flexibility index (Phi) is 4.88. The van der Waals surface area contributed by atoms with Gasteiger partial charge in [-0.15, -0.1) is 0 Å². The fourth-order valence-corrected chi connectivity index (χ4v) is 3.39. The first-order chi connectivity index (χ1) is 10.7. The number of rotatable bonds is 5. The van der Waals surface area contributed by atoms with Gasteiger partial charge in [-0.2, -0.15) is 0 Å². The molecule has 3 rings (SSSR count). The van der Waals surface area contributed by atoms with Crippen molar-refractivity contribution in [2.24, 2.45) is 0 Å². The molecule has 1 aromatic carbocycles. The number of hydrogen-bond donors (Lipinski definition) is 0. The highest BCUT2D eigenvalue weighted by Gasteiger charge is 2.22. The summed E-state index contributed by atoms with van der Waals surface area (Å²) >= 11 is 0. The number of aryl methyl sites for hydroxylation is 2. The van der Waals surface area contributed by atoms with Crippen molar-refractivity contribution in [3.05, 3.63) is 53.9 Å². The molecular formula is C18H24FN3. The monoisotopic (exact) mass is 301 g/mol. The van der Waals surface area contributed by atoms with Crippen LogP contribution in [0, 0.1) is 12.7 Å². The standard InChI is InChI=1S/C18H24FN3/c1-15-20-9-12-21(15)11-8-18-7-2-3-10-22(18)14-16-5-4-6-17(19)13-16/h4-6,9,12-13,18H,2-3,7-8,10-11,14H2,1H3/t18-/m0/s1. The SMILES string of the molecule is Cc1nccn1CC[C@@H]1CCCCN1Cc1cccc(F)c1. The summed E-state index contributed by atoms with van der Waals surface area (Å²) < 4.78 is 15.6. The number of aromatic nitrogens is 2. The molecule has 2 aromatic rings. The summed E-state index contributed by atoms with van der Waals surface area (Å²) in [6.07, 6.45) is 8.83. The maximum atomic E-state index is 13.4. The van der Waals surface area contributed by atoms with Crippen LogP contribution in [0.1, 0.15) is 37.1 Å². The largest absolute Gasteiger partial charge is 0.335 e. The van der Waals surface area contributed by atoms with Gasteiger partial charge >= 0.3 is 0 Å². The molecule has 22 heavy (non-hydrogen) atoms. The Labute approximate surface area is 131 Å². The van der Waals surface area contributed by atoms with Gasteiger partial charge in [0, 0.05) is 31.5 Å². The summed E-state index contributed by atoms with van der Waals surface area (Å²) in [7, 11) is 0. The Morgan fingerprint density at radius 2 is 2.23 bits per heavy atom. The average Bonchev–Trinajstić information content (AvgIpc) is 2.92. The summed E-state index contributed by atoms with van der Waals surface area (Å²) in [6, 6.07) is 7.58. The molecule has 0 unspecified atom stereocenters. The number of piperidine rings is 1. The van der Waals surface area contributed by atoms with Gasteiger partial charge in [0.05, 0.1) is 0 Å². The van der Waals surface area contributed by atoms with Crippen LogP contribution in [0.4, 0.5) is 4.39 Å². The highest BCUT2D eigenvalue weighted by Crippen LogP contribution is 2.23. The third-order valence-corrected chi connectivity index (χ3v) is 4.65. The lowest BCUT2D eigenvalue weighted by molar-refractivity contribution is 0.128. The number of likely N-dealkylation sites (tertiary alicyclic amines) is 1. The van der Waals surface area contributed by atoms with Crippen LogP contribution in [0.2, 0.25) is 0 Å². The Balaban J connectivity index is 1.62. The van der Waals surface area contributed by atoms with Crippen molar-refractivity contribution in [1.29, 1.82) is 0 Å². The molecule has 1 aliphatic rings. The van der Waals surface area contributed by atoms with Crippen LogP contribution in [0.5, 0.6) is 0 Å². The van der Waals surface area contributed by atoms with Gasteiger partial charge in [-0.25, -0.2) is 9.37 Å². The van der Waals surface area contributed by atoms with E-state index >= 15 is 0 Å². The van der Waals surface area contributed by atoms with Crippen LogP contribution >= 0.6 is 0 Å². The van der Waals surface area contributed by atoms with Crippen molar-refractivity contribution in [3.63, 3.8) is 0 Å². The fourth-order valence-electron chi connectivity index (χ4n) is 3.39. The Morgan fingerprint density at radius 1 is 1.32 bits per heavy atom. The van der Waals surface area contributed by atoms with Crippen LogP contribution in [0.15, 0.2) is 36.7 Å². The van der Waals surface area contributed by atoms with E-state index in [2.05, 4.69) is 20.6 Å². The maximum absolute atomic E-state index is 13.4. The van der Waals surface area contributed by atoms with Crippen LogP contribution in [-0.2, 0) is 13.1 Å². The van der Waals surface area contributed by atoms with E-state index in [0.29, 0.717) is 6.04 Å². The molecule has 2 heterocycles.